The van der Waals surface area contributed by atoms with Crippen molar-refractivity contribution in [2.75, 3.05) is 39.8 Å². The Morgan fingerprint density at radius 3 is 2.50 bits per heavy atom. The van der Waals surface area contributed by atoms with E-state index in [1.54, 1.807) is 18.4 Å². The van der Waals surface area contributed by atoms with E-state index in [4.69, 9.17) is 21.1 Å². The number of nitrogens with zero attached hydrogens (tertiary/aromatic N) is 2. The molecule has 1 aliphatic heterocycles. The molecule has 0 radical (unpaired) electrons. The minimum atomic E-state index is -0.113. The van der Waals surface area contributed by atoms with Crippen LogP contribution in [0.15, 0.2) is 78.9 Å². The molecule has 7 heteroatoms. The molecule has 186 valence electrons. The molecule has 5 rings (SSSR count). The smallest absolute Gasteiger partial charge is 0.264 e. The number of carbonyl (C=O) groups is 1. The summed E-state index contributed by atoms with van der Waals surface area (Å²) in [5, 5.41) is 1.84. The van der Waals surface area contributed by atoms with Crippen LogP contribution in [0, 0.1) is 0 Å². The van der Waals surface area contributed by atoms with Gasteiger partial charge in [-0.3, -0.25) is 9.69 Å². The molecule has 0 aliphatic carbocycles. The summed E-state index contributed by atoms with van der Waals surface area (Å²) in [4.78, 5) is 18.3. The van der Waals surface area contributed by atoms with Crippen LogP contribution in [0.25, 0.3) is 10.1 Å². The van der Waals surface area contributed by atoms with Gasteiger partial charge in [-0.25, -0.2) is 0 Å². The lowest BCUT2D eigenvalue weighted by molar-refractivity contribution is 0.00343. The first kappa shape index (κ1) is 24.8. The van der Waals surface area contributed by atoms with Crippen LogP contribution in [-0.4, -0.2) is 55.5 Å². The van der Waals surface area contributed by atoms with Gasteiger partial charge in [-0.1, -0.05) is 54.1 Å². The van der Waals surface area contributed by atoms with Crippen LogP contribution in [0.5, 0.6) is 5.75 Å². The number of amides is 1. The molecular weight excluding hydrogens is 492 g/mol. The Labute approximate surface area is 220 Å². The van der Waals surface area contributed by atoms with Crippen molar-refractivity contribution in [3.63, 3.8) is 0 Å². The molecule has 1 fully saturated rings. The summed E-state index contributed by atoms with van der Waals surface area (Å²) >= 11 is 7.71. The molecule has 0 spiro atoms. The summed E-state index contributed by atoms with van der Waals surface area (Å²) in [6, 6.07) is 26.0. The fourth-order valence-corrected chi connectivity index (χ4v) is 5.66. The van der Waals surface area contributed by atoms with E-state index in [-0.39, 0.29) is 12.0 Å². The van der Waals surface area contributed by atoms with Crippen molar-refractivity contribution < 1.29 is 14.3 Å². The maximum absolute atomic E-state index is 13.1. The predicted molar refractivity (Wildman–Crippen MR) is 146 cm³/mol. The second-order valence-corrected chi connectivity index (χ2v) is 10.5. The molecule has 36 heavy (non-hydrogen) atoms. The van der Waals surface area contributed by atoms with Gasteiger partial charge >= 0.3 is 0 Å². The molecule has 0 saturated carbocycles. The van der Waals surface area contributed by atoms with Crippen molar-refractivity contribution in [3.05, 3.63) is 99.9 Å². The average molecular weight is 521 g/mol. The first-order valence-corrected chi connectivity index (χ1v) is 13.3. The molecule has 1 aliphatic rings. The Kier molecular flexibility index (Phi) is 7.87. The number of hydrogen-bond donors (Lipinski definition) is 0. The fraction of sp³-hybridized carbons (Fsp3) is 0.276. The van der Waals surface area contributed by atoms with Gasteiger partial charge in [0.05, 0.1) is 24.7 Å². The predicted octanol–water partition coefficient (Wildman–Crippen LogP) is 6.28. The van der Waals surface area contributed by atoms with Crippen molar-refractivity contribution in [2.45, 2.75) is 12.7 Å². The largest absolute Gasteiger partial charge is 0.497 e. The van der Waals surface area contributed by atoms with E-state index in [1.807, 2.05) is 71.6 Å². The lowest BCUT2D eigenvalue weighted by atomic mass is 10.1. The van der Waals surface area contributed by atoms with Gasteiger partial charge in [0.25, 0.3) is 5.91 Å². The van der Waals surface area contributed by atoms with Crippen molar-refractivity contribution in [1.82, 2.24) is 9.80 Å². The van der Waals surface area contributed by atoms with Crippen LogP contribution < -0.4 is 4.74 Å². The Morgan fingerprint density at radius 2 is 1.75 bits per heavy atom. The summed E-state index contributed by atoms with van der Waals surface area (Å²) in [5.74, 6) is 0.943. The molecule has 1 aromatic heterocycles. The van der Waals surface area contributed by atoms with Gasteiger partial charge in [-0.2, -0.15) is 0 Å². The molecule has 3 aromatic carbocycles. The maximum Gasteiger partial charge on any atom is 0.264 e. The zero-order chi connectivity index (χ0) is 24.9. The van der Waals surface area contributed by atoms with Crippen LogP contribution in [0.4, 0.5) is 0 Å². The lowest BCUT2D eigenvalue weighted by Gasteiger charge is -2.36. The van der Waals surface area contributed by atoms with E-state index in [9.17, 15) is 4.79 Å². The van der Waals surface area contributed by atoms with E-state index >= 15 is 0 Å². The molecule has 2 heterocycles. The third kappa shape index (κ3) is 5.90. The quantitative estimate of drug-likeness (QED) is 0.274. The summed E-state index contributed by atoms with van der Waals surface area (Å²) in [7, 11) is 1.67. The van der Waals surface area contributed by atoms with Gasteiger partial charge in [0.1, 0.15) is 5.75 Å². The molecule has 0 bridgehead atoms. The first-order chi connectivity index (χ1) is 17.6. The Morgan fingerprint density at radius 1 is 0.972 bits per heavy atom. The molecule has 0 N–H and O–H groups in total. The maximum atomic E-state index is 13.1. The van der Waals surface area contributed by atoms with Crippen LogP contribution in [0.1, 0.15) is 26.9 Å². The number of hydrogen-bond acceptors (Lipinski definition) is 5. The molecular formula is C29H29ClN2O3S. The normalized spacial score (nSPS) is 15.2. The Hall–Kier alpha value is -2.90. The van der Waals surface area contributed by atoms with Gasteiger partial charge in [-0.05, 0) is 52.9 Å². The first-order valence-electron chi connectivity index (χ1n) is 12.1. The van der Waals surface area contributed by atoms with Crippen LogP contribution >= 0.6 is 22.9 Å². The SMILES string of the molecule is COc1cccc(CO[C@@H](CN2CCN(C(=O)c3cc4ccccc4s3)CC2)c2ccc(Cl)cc2)c1. The highest BCUT2D eigenvalue weighted by atomic mass is 35.5. The number of piperazine rings is 1. The third-order valence-electron chi connectivity index (χ3n) is 6.55. The number of benzene rings is 3. The number of carbonyl (C=O) groups excluding carboxylic acids is 1. The number of methoxy groups -OCH3 is 1. The zero-order valence-electron chi connectivity index (χ0n) is 20.2. The van der Waals surface area contributed by atoms with E-state index in [0.29, 0.717) is 24.7 Å². The van der Waals surface area contributed by atoms with Gasteiger partial charge in [0.2, 0.25) is 0 Å². The fourth-order valence-electron chi connectivity index (χ4n) is 4.50. The van der Waals surface area contributed by atoms with Gasteiger partial charge < -0.3 is 14.4 Å². The van der Waals surface area contributed by atoms with E-state index < -0.39 is 0 Å². The second-order valence-electron chi connectivity index (χ2n) is 8.94. The summed E-state index contributed by atoms with van der Waals surface area (Å²) in [5.41, 5.74) is 2.15. The van der Waals surface area contributed by atoms with Gasteiger partial charge in [0, 0.05) is 42.4 Å². The van der Waals surface area contributed by atoms with E-state index in [0.717, 1.165) is 51.5 Å². The standard InChI is InChI=1S/C29H29ClN2O3S/c1-34-25-7-4-5-21(17-25)20-35-26(22-9-11-24(30)12-10-22)19-31-13-15-32(16-14-31)29(33)28-18-23-6-2-3-8-27(23)36-28/h2-12,17-18,26H,13-16,19-20H2,1H3/t26-/m0/s1. The van der Waals surface area contributed by atoms with E-state index in [2.05, 4.69) is 17.0 Å². The zero-order valence-corrected chi connectivity index (χ0v) is 21.8. The molecule has 1 saturated heterocycles. The topological polar surface area (TPSA) is 42.0 Å². The lowest BCUT2D eigenvalue weighted by Crippen LogP contribution is -2.49. The molecule has 0 unspecified atom stereocenters. The molecule has 1 atom stereocenters. The highest BCUT2D eigenvalue weighted by molar-refractivity contribution is 7.20. The van der Waals surface area contributed by atoms with Crippen LogP contribution in [0.3, 0.4) is 0 Å². The summed E-state index contributed by atoms with van der Waals surface area (Å²) in [6.07, 6.45) is -0.113. The highest BCUT2D eigenvalue weighted by Crippen LogP contribution is 2.28. The summed E-state index contributed by atoms with van der Waals surface area (Å²) in [6.45, 7) is 4.25. The number of thiophene rings is 1. The van der Waals surface area contributed by atoms with Crippen molar-refractivity contribution in [3.8, 4) is 5.75 Å². The second kappa shape index (κ2) is 11.4. The number of rotatable bonds is 8. The summed E-state index contributed by atoms with van der Waals surface area (Å²) < 4.78 is 12.9. The number of halogens is 1. The van der Waals surface area contributed by atoms with Crippen LogP contribution in [-0.2, 0) is 11.3 Å². The number of fused-ring (bicyclic) bond motifs is 1. The van der Waals surface area contributed by atoms with Crippen LogP contribution in [0.2, 0.25) is 5.02 Å². The molecule has 4 aromatic rings. The van der Waals surface area contributed by atoms with Crippen molar-refractivity contribution >= 4 is 38.9 Å². The molecule has 5 nitrogen and oxygen atoms in total. The highest BCUT2D eigenvalue weighted by Gasteiger charge is 2.26. The van der Waals surface area contributed by atoms with Crippen molar-refractivity contribution in [1.29, 1.82) is 0 Å². The minimum Gasteiger partial charge on any atom is -0.497 e. The van der Waals surface area contributed by atoms with Gasteiger partial charge in [0.15, 0.2) is 0 Å². The minimum absolute atomic E-state index is 0.113. The Bertz CT molecular complexity index is 1280. The Balaban J connectivity index is 1.22. The van der Waals surface area contributed by atoms with Crippen molar-refractivity contribution in [2.24, 2.45) is 0 Å². The average Bonchev–Trinajstić information content (AvgIpc) is 3.36. The third-order valence-corrected chi connectivity index (χ3v) is 7.90. The monoisotopic (exact) mass is 520 g/mol. The van der Waals surface area contributed by atoms with E-state index in [1.165, 1.54) is 0 Å². The van der Waals surface area contributed by atoms with Gasteiger partial charge in [-0.15, -0.1) is 11.3 Å². The molecule has 1 amide bonds. The number of ether oxygens (including phenoxy) is 2.